The van der Waals surface area contributed by atoms with Gasteiger partial charge in [-0.05, 0) is 37.3 Å². The number of halogens is 1. The van der Waals surface area contributed by atoms with E-state index in [0.29, 0.717) is 19.1 Å². The molecule has 0 saturated carbocycles. The summed E-state index contributed by atoms with van der Waals surface area (Å²) >= 11 is 0. The number of likely N-dealkylation sites (tertiary alicyclic amines) is 1. The molecule has 2 aliphatic heterocycles. The molecule has 2 saturated heterocycles. The van der Waals surface area contributed by atoms with E-state index in [2.05, 4.69) is 10.0 Å². The van der Waals surface area contributed by atoms with Crippen molar-refractivity contribution < 1.29 is 17.6 Å². The molecule has 1 aromatic carbocycles. The number of fused-ring (bicyclic) bond motifs is 2. The number of carbonyl (C=O) groups is 1. The average molecular weight is 383 g/mol. The number of amides is 1. The lowest BCUT2D eigenvalue weighted by Gasteiger charge is -2.30. The molecule has 6 nitrogen and oxygen atoms in total. The molecular weight excluding hydrogens is 357 g/mol. The Labute approximate surface area is 154 Å². The SMILES string of the molecule is CC(C)C(NS(=O)(=O)c1ccccc1F)C(=O)N1CCC2CCC(C1)N2. The molecule has 26 heavy (non-hydrogen) atoms. The molecule has 3 atom stereocenters. The fourth-order valence-electron chi connectivity index (χ4n) is 3.70. The molecule has 2 bridgehead atoms. The predicted octanol–water partition coefficient (Wildman–Crippen LogP) is 1.48. The smallest absolute Gasteiger partial charge is 0.244 e. The van der Waals surface area contributed by atoms with Crippen LogP contribution < -0.4 is 10.0 Å². The van der Waals surface area contributed by atoms with E-state index < -0.39 is 26.8 Å². The minimum Gasteiger partial charge on any atom is -0.340 e. The first-order valence-electron chi connectivity index (χ1n) is 9.09. The van der Waals surface area contributed by atoms with Crippen LogP contribution in [0, 0.1) is 11.7 Å². The second-order valence-corrected chi connectivity index (χ2v) is 9.17. The minimum atomic E-state index is -4.13. The van der Waals surface area contributed by atoms with Gasteiger partial charge in [0, 0.05) is 25.2 Å². The van der Waals surface area contributed by atoms with Crippen molar-refractivity contribution in [1.82, 2.24) is 14.9 Å². The Kier molecular flexibility index (Phi) is 5.64. The van der Waals surface area contributed by atoms with Gasteiger partial charge in [0.25, 0.3) is 0 Å². The third kappa shape index (κ3) is 4.07. The summed E-state index contributed by atoms with van der Waals surface area (Å²) in [6.07, 6.45) is 3.02. The van der Waals surface area contributed by atoms with Crippen LogP contribution in [0.1, 0.15) is 33.1 Å². The van der Waals surface area contributed by atoms with Gasteiger partial charge in [-0.25, -0.2) is 12.8 Å². The maximum atomic E-state index is 13.9. The molecule has 8 heteroatoms. The summed E-state index contributed by atoms with van der Waals surface area (Å²) in [6, 6.07) is 4.97. The minimum absolute atomic E-state index is 0.241. The zero-order chi connectivity index (χ0) is 18.9. The molecular formula is C18H26FN3O3S. The lowest BCUT2D eigenvalue weighted by atomic mass is 10.0. The standard InChI is InChI=1S/C18H26FN3O3S/c1-12(2)17(21-26(24,25)16-6-4-3-5-15(16)19)18(23)22-10-9-13-7-8-14(11-22)20-13/h3-6,12-14,17,20-21H,7-11H2,1-2H3. The normalized spacial score (nSPS) is 24.5. The Morgan fingerprint density at radius 1 is 1.23 bits per heavy atom. The van der Waals surface area contributed by atoms with Crippen molar-refractivity contribution in [1.29, 1.82) is 0 Å². The number of nitrogens with zero attached hydrogens (tertiary/aromatic N) is 1. The number of rotatable bonds is 5. The second-order valence-electron chi connectivity index (χ2n) is 7.48. The Bertz CT molecular complexity index is 769. The first kappa shape index (κ1) is 19.3. The van der Waals surface area contributed by atoms with E-state index >= 15 is 0 Å². The molecule has 0 aromatic heterocycles. The number of nitrogens with one attached hydrogen (secondary N) is 2. The monoisotopic (exact) mass is 383 g/mol. The summed E-state index contributed by atoms with van der Waals surface area (Å²) in [5.41, 5.74) is 0. The van der Waals surface area contributed by atoms with Crippen LogP contribution in [-0.2, 0) is 14.8 Å². The second kappa shape index (κ2) is 7.62. The quantitative estimate of drug-likeness (QED) is 0.807. The molecule has 1 aromatic rings. The molecule has 0 radical (unpaired) electrons. The molecule has 2 fully saturated rings. The maximum Gasteiger partial charge on any atom is 0.244 e. The molecule has 3 rings (SSSR count). The summed E-state index contributed by atoms with van der Waals surface area (Å²) < 4.78 is 41.6. The Hall–Kier alpha value is -1.51. The molecule has 2 aliphatic rings. The van der Waals surface area contributed by atoms with Crippen LogP contribution in [0.3, 0.4) is 0 Å². The van der Waals surface area contributed by atoms with Gasteiger partial charge < -0.3 is 10.2 Å². The van der Waals surface area contributed by atoms with E-state index in [4.69, 9.17) is 0 Å². The van der Waals surface area contributed by atoms with Gasteiger partial charge in [-0.15, -0.1) is 0 Å². The van der Waals surface area contributed by atoms with Crippen molar-refractivity contribution in [2.24, 2.45) is 5.92 Å². The van der Waals surface area contributed by atoms with Crippen molar-refractivity contribution in [3.63, 3.8) is 0 Å². The van der Waals surface area contributed by atoms with Gasteiger partial charge in [-0.1, -0.05) is 26.0 Å². The summed E-state index contributed by atoms with van der Waals surface area (Å²) in [5, 5.41) is 3.51. The van der Waals surface area contributed by atoms with Gasteiger partial charge in [0.15, 0.2) is 0 Å². The van der Waals surface area contributed by atoms with Gasteiger partial charge in [0.1, 0.15) is 16.8 Å². The first-order valence-corrected chi connectivity index (χ1v) is 10.6. The number of benzene rings is 1. The average Bonchev–Trinajstić information content (AvgIpc) is 2.91. The van der Waals surface area contributed by atoms with E-state index in [1.807, 2.05) is 0 Å². The van der Waals surface area contributed by atoms with Gasteiger partial charge in [-0.3, -0.25) is 4.79 Å². The highest BCUT2D eigenvalue weighted by atomic mass is 32.2. The lowest BCUT2D eigenvalue weighted by Crippen LogP contribution is -2.52. The number of hydrogen-bond acceptors (Lipinski definition) is 4. The Morgan fingerprint density at radius 3 is 2.62 bits per heavy atom. The van der Waals surface area contributed by atoms with Crippen molar-refractivity contribution in [2.45, 2.75) is 56.1 Å². The first-order chi connectivity index (χ1) is 12.3. The van der Waals surface area contributed by atoms with E-state index in [9.17, 15) is 17.6 Å². The van der Waals surface area contributed by atoms with Crippen LogP contribution in [0.5, 0.6) is 0 Å². The van der Waals surface area contributed by atoms with Crippen molar-refractivity contribution in [2.75, 3.05) is 13.1 Å². The lowest BCUT2D eigenvalue weighted by molar-refractivity contribution is -0.134. The summed E-state index contributed by atoms with van der Waals surface area (Å²) in [6.45, 7) is 4.76. The highest BCUT2D eigenvalue weighted by Crippen LogP contribution is 2.22. The van der Waals surface area contributed by atoms with E-state index in [0.717, 1.165) is 25.3 Å². The fraction of sp³-hybridized carbons (Fsp3) is 0.611. The van der Waals surface area contributed by atoms with E-state index in [1.54, 1.807) is 18.7 Å². The maximum absolute atomic E-state index is 13.9. The van der Waals surface area contributed by atoms with Crippen LogP contribution in [-0.4, -0.2) is 50.4 Å². The van der Waals surface area contributed by atoms with E-state index in [1.165, 1.54) is 18.2 Å². The van der Waals surface area contributed by atoms with Gasteiger partial charge >= 0.3 is 0 Å². The van der Waals surface area contributed by atoms with Crippen LogP contribution in [0.2, 0.25) is 0 Å². The molecule has 0 spiro atoms. The molecule has 3 unspecified atom stereocenters. The van der Waals surface area contributed by atoms with Crippen LogP contribution >= 0.6 is 0 Å². The molecule has 0 aliphatic carbocycles. The zero-order valence-corrected chi connectivity index (χ0v) is 15.9. The van der Waals surface area contributed by atoms with E-state index in [-0.39, 0.29) is 17.9 Å². The molecule has 1 amide bonds. The van der Waals surface area contributed by atoms with Crippen LogP contribution in [0.15, 0.2) is 29.2 Å². The Morgan fingerprint density at radius 2 is 1.92 bits per heavy atom. The number of sulfonamides is 1. The van der Waals surface area contributed by atoms with Crippen LogP contribution in [0.4, 0.5) is 4.39 Å². The zero-order valence-electron chi connectivity index (χ0n) is 15.1. The Balaban J connectivity index is 1.78. The molecule has 144 valence electrons. The molecule has 2 heterocycles. The number of hydrogen-bond donors (Lipinski definition) is 2. The molecule has 2 N–H and O–H groups in total. The van der Waals surface area contributed by atoms with Crippen LogP contribution in [0.25, 0.3) is 0 Å². The number of carbonyl (C=O) groups excluding carboxylic acids is 1. The van der Waals surface area contributed by atoms with Gasteiger partial charge in [0.05, 0.1) is 0 Å². The largest absolute Gasteiger partial charge is 0.340 e. The summed E-state index contributed by atoms with van der Waals surface area (Å²) in [4.78, 5) is 14.3. The topological polar surface area (TPSA) is 78.5 Å². The van der Waals surface area contributed by atoms with Gasteiger partial charge in [0.2, 0.25) is 15.9 Å². The van der Waals surface area contributed by atoms with Gasteiger partial charge in [-0.2, -0.15) is 4.72 Å². The third-order valence-corrected chi connectivity index (χ3v) is 6.65. The van der Waals surface area contributed by atoms with Crippen molar-refractivity contribution in [3.05, 3.63) is 30.1 Å². The predicted molar refractivity (Wildman–Crippen MR) is 96.5 cm³/mol. The van der Waals surface area contributed by atoms with Crippen molar-refractivity contribution in [3.8, 4) is 0 Å². The third-order valence-electron chi connectivity index (χ3n) is 5.18. The summed E-state index contributed by atoms with van der Waals surface area (Å²) in [5.74, 6) is -1.32. The highest BCUT2D eigenvalue weighted by molar-refractivity contribution is 7.89. The fourth-order valence-corrected chi connectivity index (χ4v) is 5.12. The summed E-state index contributed by atoms with van der Waals surface area (Å²) in [7, 11) is -4.13. The highest BCUT2D eigenvalue weighted by Gasteiger charge is 2.36. The van der Waals surface area contributed by atoms with Crippen molar-refractivity contribution >= 4 is 15.9 Å².